The molecule has 2 N–H and O–H groups in total. The van der Waals surface area contributed by atoms with E-state index in [0.29, 0.717) is 12.2 Å². The standard InChI is InChI=1S/C14H22N4O3S/c1-17(2)22(20,21)13-5-3-12(4-6-13)14(19)16-11-18-9-7-15-8-10-18/h3-6,15H,7-11H2,1-2H3,(H,16,19). The normalized spacial score (nSPS) is 16.7. The molecule has 1 fully saturated rings. The van der Waals surface area contributed by atoms with Gasteiger partial charge in [-0.05, 0) is 24.3 Å². The number of nitrogens with zero attached hydrogens (tertiary/aromatic N) is 2. The summed E-state index contributed by atoms with van der Waals surface area (Å²) in [7, 11) is -0.511. The van der Waals surface area contributed by atoms with Crippen molar-refractivity contribution in [3.05, 3.63) is 29.8 Å². The van der Waals surface area contributed by atoms with Gasteiger partial charge >= 0.3 is 0 Å². The Morgan fingerprint density at radius 2 is 1.82 bits per heavy atom. The van der Waals surface area contributed by atoms with Crippen molar-refractivity contribution in [3.8, 4) is 0 Å². The highest BCUT2D eigenvalue weighted by Crippen LogP contribution is 2.13. The Labute approximate surface area is 131 Å². The molecular weight excluding hydrogens is 304 g/mol. The van der Waals surface area contributed by atoms with Gasteiger partial charge in [-0.15, -0.1) is 0 Å². The molecule has 0 bridgehead atoms. The third-order valence-corrected chi connectivity index (χ3v) is 5.40. The summed E-state index contributed by atoms with van der Waals surface area (Å²) in [5.74, 6) is -0.202. The van der Waals surface area contributed by atoms with Gasteiger partial charge in [0, 0.05) is 45.8 Å². The van der Waals surface area contributed by atoms with Gasteiger partial charge in [-0.25, -0.2) is 12.7 Å². The smallest absolute Gasteiger partial charge is 0.252 e. The number of hydrogen-bond donors (Lipinski definition) is 2. The van der Waals surface area contributed by atoms with Gasteiger partial charge in [-0.3, -0.25) is 9.69 Å². The summed E-state index contributed by atoms with van der Waals surface area (Å²) >= 11 is 0. The minimum Gasteiger partial charge on any atom is -0.339 e. The Morgan fingerprint density at radius 3 is 2.36 bits per heavy atom. The second kappa shape index (κ2) is 7.19. The van der Waals surface area contributed by atoms with Gasteiger partial charge in [-0.1, -0.05) is 0 Å². The number of sulfonamides is 1. The lowest BCUT2D eigenvalue weighted by Crippen LogP contribution is -2.48. The Bertz CT molecular complexity index is 607. The van der Waals surface area contributed by atoms with E-state index in [-0.39, 0.29) is 10.8 Å². The van der Waals surface area contributed by atoms with E-state index in [2.05, 4.69) is 15.5 Å². The van der Waals surface area contributed by atoms with Crippen LogP contribution in [-0.4, -0.2) is 70.5 Å². The highest BCUT2D eigenvalue weighted by molar-refractivity contribution is 7.89. The van der Waals surface area contributed by atoms with Crippen LogP contribution in [0.4, 0.5) is 0 Å². The molecule has 1 saturated heterocycles. The van der Waals surface area contributed by atoms with Crippen molar-refractivity contribution in [1.82, 2.24) is 19.8 Å². The van der Waals surface area contributed by atoms with Gasteiger partial charge in [0.05, 0.1) is 11.6 Å². The van der Waals surface area contributed by atoms with Crippen LogP contribution in [0.2, 0.25) is 0 Å². The van der Waals surface area contributed by atoms with Crippen molar-refractivity contribution in [1.29, 1.82) is 0 Å². The second-order valence-electron chi connectivity index (χ2n) is 5.34. The van der Waals surface area contributed by atoms with Gasteiger partial charge in [0.25, 0.3) is 5.91 Å². The number of piperazine rings is 1. The lowest BCUT2D eigenvalue weighted by molar-refractivity contribution is 0.0917. The zero-order chi connectivity index (χ0) is 16.2. The summed E-state index contributed by atoms with van der Waals surface area (Å²) in [5.41, 5.74) is 0.452. The van der Waals surface area contributed by atoms with Crippen molar-refractivity contribution in [2.45, 2.75) is 4.90 Å². The molecule has 7 nitrogen and oxygen atoms in total. The van der Waals surface area contributed by atoms with Gasteiger partial charge in [-0.2, -0.15) is 0 Å². The summed E-state index contributed by atoms with van der Waals surface area (Å²) in [6.07, 6.45) is 0. The number of carbonyl (C=O) groups is 1. The van der Waals surface area contributed by atoms with E-state index in [1.54, 1.807) is 0 Å². The molecule has 1 aromatic carbocycles. The van der Waals surface area contributed by atoms with E-state index in [1.807, 2.05) is 0 Å². The van der Waals surface area contributed by atoms with Crippen LogP contribution in [0.5, 0.6) is 0 Å². The zero-order valence-electron chi connectivity index (χ0n) is 12.9. The maximum atomic E-state index is 12.1. The average Bonchev–Trinajstić information content (AvgIpc) is 2.53. The number of nitrogens with one attached hydrogen (secondary N) is 2. The minimum atomic E-state index is -3.46. The van der Waals surface area contributed by atoms with Crippen molar-refractivity contribution in [2.24, 2.45) is 0 Å². The molecule has 0 aromatic heterocycles. The molecule has 0 unspecified atom stereocenters. The molecule has 2 rings (SSSR count). The number of amides is 1. The maximum absolute atomic E-state index is 12.1. The fraction of sp³-hybridized carbons (Fsp3) is 0.500. The molecule has 1 heterocycles. The summed E-state index contributed by atoms with van der Waals surface area (Å²) in [6, 6.07) is 5.97. The van der Waals surface area contributed by atoms with E-state index in [4.69, 9.17) is 0 Å². The van der Waals surface area contributed by atoms with Crippen LogP contribution in [0.15, 0.2) is 29.2 Å². The molecule has 0 atom stereocenters. The van der Waals surface area contributed by atoms with E-state index in [0.717, 1.165) is 30.5 Å². The summed E-state index contributed by atoms with van der Waals surface area (Å²) < 4.78 is 25.1. The van der Waals surface area contributed by atoms with Crippen LogP contribution in [0.3, 0.4) is 0 Å². The van der Waals surface area contributed by atoms with Crippen LogP contribution < -0.4 is 10.6 Å². The van der Waals surface area contributed by atoms with Gasteiger partial charge in [0.15, 0.2) is 0 Å². The predicted molar refractivity (Wildman–Crippen MR) is 84.1 cm³/mol. The number of carbonyl (C=O) groups excluding carboxylic acids is 1. The first-order valence-corrected chi connectivity index (χ1v) is 8.59. The van der Waals surface area contributed by atoms with Gasteiger partial charge in [0.2, 0.25) is 10.0 Å². The molecule has 1 amide bonds. The van der Waals surface area contributed by atoms with E-state index in [1.165, 1.54) is 38.4 Å². The number of benzene rings is 1. The first-order chi connectivity index (χ1) is 10.4. The monoisotopic (exact) mass is 326 g/mol. The van der Waals surface area contributed by atoms with Crippen LogP contribution in [0.25, 0.3) is 0 Å². The van der Waals surface area contributed by atoms with E-state index in [9.17, 15) is 13.2 Å². The third-order valence-electron chi connectivity index (χ3n) is 3.57. The lowest BCUT2D eigenvalue weighted by atomic mass is 10.2. The van der Waals surface area contributed by atoms with E-state index < -0.39 is 10.0 Å². The molecule has 122 valence electrons. The molecule has 0 spiro atoms. The fourth-order valence-electron chi connectivity index (χ4n) is 2.14. The van der Waals surface area contributed by atoms with Crippen molar-refractivity contribution in [2.75, 3.05) is 46.9 Å². The fourth-order valence-corrected chi connectivity index (χ4v) is 3.05. The first kappa shape index (κ1) is 16.9. The molecule has 1 aliphatic rings. The maximum Gasteiger partial charge on any atom is 0.252 e. The van der Waals surface area contributed by atoms with Crippen LogP contribution in [0.1, 0.15) is 10.4 Å². The Hall–Kier alpha value is -1.48. The number of hydrogen-bond acceptors (Lipinski definition) is 5. The van der Waals surface area contributed by atoms with Crippen molar-refractivity contribution in [3.63, 3.8) is 0 Å². The molecule has 1 aliphatic heterocycles. The van der Waals surface area contributed by atoms with Crippen molar-refractivity contribution < 1.29 is 13.2 Å². The van der Waals surface area contributed by atoms with E-state index >= 15 is 0 Å². The van der Waals surface area contributed by atoms with Crippen LogP contribution in [0, 0.1) is 0 Å². The molecule has 1 aromatic rings. The first-order valence-electron chi connectivity index (χ1n) is 7.15. The topological polar surface area (TPSA) is 81.8 Å². The van der Waals surface area contributed by atoms with Gasteiger partial charge < -0.3 is 10.6 Å². The molecule has 0 radical (unpaired) electrons. The number of rotatable bonds is 5. The minimum absolute atomic E-state index is 0.177. The Balaban J connectivity index is 1.96. The Morgan fingerprint density at radius 1 is 1.23 bits per heavy atom. The molecule has 8 heteroatoms. The zero-order valence-corrected chi connectivity index (χ0v) is 13.7. The molecule has 22 heavy (non-hydrogen) atoms. The third kappa shape index (κ3) is 4.04. The predicted octanol–water partition coefficient (Wildman–Crippen LogP) is -0.471. The summed E-state index contributed by atoms with van der Waals surface area (Å²) in [5, 5.41) is 6.10. The largest absolute Gasteiger partial charge is 0.339 e. The van der Waals surface area contributed by atoms with Crippen LogP contribution >= 0.6 is 0 Å². The second-order valence-corrected chi connectivity index (χ2v) is 7.50. The molecule has 0 aliphatic carbocycles. The Kier molecular flexibility index (Phi) is 5.52. The van der Waals surface area contributed by atoms with Gasteiger partial charge in [0.1, 0.15) is 0 Å². The highest BCUT2D eigenvalue weighted by Gasteiger charge is 2.17. The van der Waals surface area contributed by atoms with Crippen LogP contribution in [-0.2, 0) is 10.0 Å². The highest BCUT2D eigenvalue weighted by atomic mass is 32.2. The molecular formula is C14H22N4O3S. The van der Waals surface area contributed by atoms with Crippen molar-refractivity contribution >= 4 is 15.9 Å². The summed E-state index contributed by atoms with van der Waals surface area (Å²) in [6.45, 7) is 4.15. The molecule has 0 saturated carbocycles. The quantitative estimate of drug-likeness (QED) is 0.764. The lowest BCUT2D eigenvalue weighted by Gasteiger charge is -2.27. The SMILES string of the molecule is CN(C)S(=O)(=O)c1ccc(C(=O)NCN2CCNCC2)cc1. The summed E-state index contributed by atoms with van der Waals surface area (Å²) in [4.78, 5) is 14.4. The average molecular weight is 326 g/mol.